The van der Waals surface area contributed by atoms with Gasteiger partial charge in [0.25, 0.3) is 0 Å². The van der Waals surface area contributed by atoms with Crippen LogP contribution in [0.4, 0.5) is 10.5 Å². The number of piperazine rings is 1. The van der Waals surface area contributed by atoms with E-state index in [9.17, 15) is 9.59 Å². The van der Waals surface area contributed by atoms with Crippen LogP contribution in [0.5, 0.6) is 0 Å². The number of ether oxygens (including phenoxy) is 1. The lowest BCUT2D eigenvalue weighted by Crippen LogP contribution is -2.49. The number of rotatable bonds is 3. The number of amides is 2. The van der Waals surface area contributed by atoms with Gasteiger partial charge in [0.15, 0.2) is 0 Å². The third kappa shape index (κ3) is 2.58. The van der Waals surface area contributed by atoms with Gasteiger partial charge in [0.2, 0.25) is 0 Å². The Bertz CT molecular complexity index is 544. The molecule has 2 saturated heterocycles. The maximum Gasteiger partial charge on any atom is 0.338 e. The van der Waals surface area contributed by atoms with Crippen LogP contribution in [0, 0.1) is 0 Å². The maximum atomic E-state index is 12.4. The number of hydrogen-bond donors (Lipinski definition) is 1. The fourth-order valence-electron chi connectivity index (χ4n) is 2.83. The Balaban J connectivity index is 1.75. The predicted molar refractivity (Wildman–Crippen MR) is 78.5 cm³/mol. The van der Waals surface area contributed by atoms with E-state index < -0.39 is 0 Å². The summed E-state index contributed by atoms with van der Waals surface area (Å²) in [6, 6.07) is 7.29. The Kier molecular flexibility index (Phi) is 3.79. The van der Waals surface area contributed by atoms with Gasteiger partial charge in [0.1, 0.15) is 0 Å². The van der Waals surface area contributed by atoms with E-state index >= 15 is 0 Å². The fraction of sp³-hybridized carbons (Fsp3) is 0.467. The molecular weight excluding hydrogens is 270 g/mol. The van der Waals surface area contributed by atoms with Crippen LogP contribution in [0.25, 0.3) is 0 Å². The van der Waals surface area contributed by atoms with Gasteiger partial charge in [-0.15, -0.1) is 0 Å². The summed E-state index contributed by atoms with van der Waals surface area (Å²) in [6.45, 7) is 5.25. The molecule has 0 radical (unpaired) electrons. The van der Waals surface area contributed by atoms with Gasteiger partial charge in [-0.25, -0.2) is 9.59 Å². The van der Waals surface area contributed by atoms with Crippen LogP contribution in [-0.2, 0) is 4.74 Å². The number of nitrogens with zero attached hydrogens (tertiary/aromatic N) is 2. The minimum absolute atomic E-state index is 0.0467. The number of carbonyl (C=O) groups is 2. The lowest BCUT2D eigenvalue weighted by Gasteiger charge is -2.28. The summed E-state index contributed by atoms with van der Waals surface area (Å²) in [4.78, 5) is 27.7. The number of esters is 1. The van der Waals surface area contributed by atoms with E-state index in [1.165, 1.54) is 0 Å². The number of fused-ring (bicyclic) bond motifs is 1. The molecule has 112 valence electrons. The largest absolute Gasteiger partial charge is 0.462 e. The van der Waals surface area contributed by atoms with Crippen molar-refractivity contribution in [2.75, 3.05) is 37.7 Å². The zero-order valence-electron chi connectivity index (χ0n) is 12.0. The van der Waals surface area contributed by atoms with E-state index in [4.69, 9.17) is 4.74 Å². The minimum atomic E-state index is -0.335. The molecule has 6 nitrogen and oxygen atoms in total. The van der Waals surface area contributed by atoms with Crippen molar-refractivity contribution in [2.45, 2.75) is 13.0 Å². The van der Waals surface area contributed by atoms with Gasteiger partial charge in [-0.3, -0.25) is 4.90 Å². The van der Waals surface area contributed by atoms with Gasteiger partial charge in [-0.2, -0.15) is 0 Å². The number of hydrogen-bond acceptors (Lipinski definition) is 4. The molecule has 2 aliphatic heterocycles. The molecule has 21 heavy (non-hydrogen) atoms. The number of carbonyl (C=O) groups excluding carboxylic acids is 2. The third-order valence-corrected chi connectivity index (χ3v) is 3.91. The van der Waals surface area contributed by atoms with E-state index in [-0.39, 0.29) is 18.0 Å². The average molecular weight is 289 g/mol. The van der Waals surface area contributed by atoms with Crippen LogP contribution >= 0.6 is 0 Å². The summed E-state index contributed by atoms with van der Waals surface area (Å²) in [7, 11) is 0. The number of nitrogens with one attached hydrogen (secondary N) is 1. The molecule has 0 saturated carbocycles. The Morgan fingerprint density at radius 1 is 1.38 bits per heavy atom. The Morgan fingerprint density at radius 2 is 2.14 bits per heavy atom. The highest BCUT2D eigenvalue weighted by atomic mass is 16.5. The van der Waals surface area contributed by atoms with E-state index in [0.717, 1.165) is 25.3 Å². The van der Waals surface area contributed by atoms with Crippen LogP contribution in [0.15, 0.2) is 24.3 Å². The summed E-state index contributed by atoms with van der Waals surface area (Å²) in [5.41, 5.74) is 1.33. The fourth-order valence-corrected chi connectivity index (χ4v) is 2.83. The number of urea groups is 1. The van der Waals surface area contributed by atoms with E-state index in [1.807, 2.05) is 4.90 Å². The molecule has 0 aromatic heterocycles. The lowest BCUT2D eigenvalue weighted by atomic mass is 10.2. The SMILES string of the molecule is CCOC(=O)c1ccc(N2C[C@H]3CNCCN3C2=O)cc1. The summed E-state index contributed by atoms with van der Waals surface area (Å²) < 4.78 is 4.96. The summed E-state index contributed by atoms with van der Waals surface area (Å²) in [5, 5.41) is 3.31. The van der Waals surface area contributed by atoms with Crippen molar-refractivity contribution in [3.8, 4) is 0 Å². The lowest BCUT2D eigenvalue weighted by molar-refractivity contribution is 0.0526. The van der Waals surface area contributed by atoms with E-state index in [2.05, 4.69) is 5.32 Å². The molecule has 0 spiro atoms. The second-order valence-corrected chi connectivity index (χ2v) is 5.21. The molecular formula is C15H19N3O3. The Morgan fingerprint density at radius 3 is 2.81 bits per heavy atom. The van der Waals surface area contributed by atoms with Crippen LogP contribution in [0.3, 0.4) is 0 Å². The van der Waals surface area contributed by atoms with Gasteiger partial charge in [0, 0.05) is 31.9 Å². The first-order chi connectivity index (χ1) is 10.2. The molecule has 0 bridgehead atoms. The molecule has 2 fully saturated rings. The first-order valence-electron chi connectivity index (χ1n) is 7.26. The van der Waals surface area contributed by atoms with Gasteiger partial charge < -0.3 is 15.0 Å². The Labute approximate surface area is 123 Å². The molecule has 1 atom stereocenters. The summed E-state index contributed by atoms with van der Waals surface area (Å²) in [5.74, 6) is -0.335. The van der Waals surface area contributed by atoms with Crippen molar-refractivity contribution < 1.29 is 14.3 Å². The maximum absolute atomic E-state index is 12.4. The second-order valence-electron chi connectivity index (χ2n) is 5.21. The molecule has 2 heterocycles. The topological polar surface area (TPSA) is 61.9 Å². The van der Waals surface area contributed by atoms with Crippen molar-refractivity contribution in [3.05, 3.63) is 29.8 Å². The standard InChI is InChI=1S/C15H19N3O3/c1-2-21-14(19)11-3-5-12(6-4-11)18-10-13-9-16-7-8-17(13)15(18)20/h3-6,13,16H,2,7-10H2,1H3/t13-/m1/s1. The summed E-state index contributed by atoms with van der Waals surface area (Å²) >= 11 is 0. The molecule has 2 amide bonds. The first kappa shape index (κ1) is 13.9. The quantitative estimate of drug-likeness (QED) is 0.846. The number of benzene rings is 1. The van der Waals surface area contributed by atoms with E-state index in [0.29, 0.717) is 18.7 Å². The highest BCUT2D eigenvalue weighted by molar-refractivity contribution is 5.96. The summed E-state index contributed by atoms with van der Waals surface area (Å²) in [6.07, 6.45) is 0. The van der Waals surface area contributed by atoms with Gasteiger partial charge in [0.05, 0.1) is 18.2 Å². The van der Waals surface area contributed by atoms with E-state index in [1.54, 1.807) is 36.1 Å². The minimum Gasteiger partial charge on any atom is -0.462 e. The van der Waals surface area contributed by atoms with Crippen molar-refractivity contribution in [1.82, 2.24) is 10.2 Å². The van der Waals surface area contributed by atoms with Crippen molar-refractivity contribution in [2.24, 2.45) is 0 Å². The first-order valence-corrected chi connectivity index (χ1v) is 7.26. The number of anilines is 1. The monoisotopic (exact) mass is 289 g/mol. The van der Waals surface area contributed by atoms with Crippen LogP contribution < -0.4 is 10.2 Å². The third-order valence-electron chi connectivity index (χ3n) is 3.91. The zero-order chi connectivity index (χ0) is 14.8. The smallest absolute Gasteiger partial charge is 0.338 e. The molecule has 2 aliphatic rings. The molecule has 6 heteroatoms. The Hall–Kier alpha value is -2.08. The molecule has 0 unspecified atom stereocenters. The van der Waals surface area contributed by atoms with Crippen LogP contribution in [0.1, 0.15) is 17.3 Å². The van der Waals surface area contributed by atoms with Crippen LogP contribution in [0.2, 0.25) is 0 Å². The normalized spacial score (nSPS) is 21.4. The molecule has 1 aromatic carbocycles. The predicted octanol–water partition coefficient (Wildman–Crippen LogP) is 1.08. The molecule has 1 aromatic rings. The highest BCUT2D eigenvalue weighted by Gasteiger charge is 2.38. The second kappa shape index (κ2) is 5.73. The van der Waals surface area contributed by atoms with Gasteiger partial charge in [-0.05, 0) is 31.2 Å². The molecule has 3 rings (SSSR count). The van der Waals surface area contributed by atoms with Gasteiger partial charge in [-0.1, -0.05) is 0 Å². The molecule has 1 N–H and O–H groups in total. The zero-order valence-corrected chi connectivity index (χ0v) is 12.0. The van der Waals surface area contributed by atoms with Crippen molar-refractivity contribution in [1.29, 1.82) is 0 Å². The van der Waals surface area contributed by atoms with Gasteiger partial charge >= 0.3 is 12.0 Å². The van der Waals surface area contributed by atoms with Crippen molar-refractivity contribution in [3.63, 3.8) is 0 Å². The van der Waals surface area contributed by atoms with Crippen molar-refractivity contribution >= 4 is 17.7 Å². The molecule has 0 aliphatic carbocycles. The van der Waals surface area contributed by atoms with Crippen LogP contribution in [-0.4, -0.2) is 55.7 Å². The highest BCUT2D eigenvalue weighted by Crippen LogP contribution is 2.25. The average Bonchev–Trinajstić information content (AvgIpc) is 2.85.